The van der Waals surface area contributed by atoms with E-state index in [1.165, 1.54) is 5.57 Å². The second kappa shape index (κ2) is 3.83. The van der Waals surface area contributed by atoms with E-state index in [1.807, 2.05) is 0 Å². The molecule has 2 aliphatic carbocycles. The van der Waals surface area contributed by atoms with Crippen molar-refractivity contribution < 1.29 is 9.47 Å². The largest absolute Gasteiger partial charge is 0.347 e. The van der Waals surface area contributed by atoms with Crippen LogP contribution in [-0.4, -0.2) is 18.0 Å². The van der Waals surface area contributed by atoms with E-state index in [4.69, 9.17) is 9.47 Å². The van der Waals surface area contributed by atoms with Gasteiger partial charge in [-0.2, -0.15) is 0 Å². The average molecular weight is 250 g/mol. The van der Waals surface area contributed by atoms with E-state index < -0.39 is 0 Å². The highest BCUT2D eigenvalue weighted by atomic mass is 16.7. The van der Waals surface area contributed by atoms with Crippen LogP contribution in [0, 0.1) is 17.3 Å². The molecule has 0 aromatic heterocycles. The summed E-state index contributed by atoms with van der Waals surface area (Å²) < 4.78 is 12.5. The average Bonchev–Trinajstić information content (AvgIpc) is 2.72. The van der Waals surface area contributed by atoms with Crippen LogP contribution in [0.25, 0.3) is 0 Å². The molecule has 0 bridgehead atoms. The molecule has 4 atom stereocenters. The van der Waals surface area contributed by atoms with E-state index in [9.17, 15) is 0 Å². The maximum Gasteiger partial charge on any atom is 0.172 e. The van der Waals surface area contributed by atoms with Crippen molar-refractivity contribution in [3.8, 4) is 0 Å². The number of rotatable bonds is 0. The van der Waals surface area contributed by atoms with Gasteiger partial charge in [0.15, 0.2) is 5.79 Å². The summed E-state index contributed by atoms with van der Waals surface area (Å²) in [5.74, 6) is 1.12. The molecule has 0 radical (unpaired) electrons. The first-order chi connectivity index (χ1) is 8.32. The van der Waals surface area contributed by atoms with Gasteiger partial charge in [0.05, 0.1) is 12.2 Å². The van der Waals surface area contributed by atoms with Gasteiger partial charge in [-0.25, -0.2) is 0 Å². The highest BCUT2D eigenvalue weighted by Crippen LogP contribution is 2.64. The Morgan fingerprint density at radius 1 is 1.17 bits per heavy atom. The lowest BCUT2D eigenvalue weighted by atomic mass is 9.94. The second-order valence-corrected chi connectivity index (χ2v) is 7.35. The van der Waals surface area contributed by atoms with Crippen molar-refractivity contribution in [3.63, 3.8) is 0 Å². The Kier molecular flexibility index (Phi) is 2.70. The maximum atomic E-state index is 6.26. The molecule has 0 N–H and O–H groups in total. The van der Waals surface area contributed by atoms with Gasteiger partial charge in [0.25, 0.3) is 0 Å². The zero-order valence-electron chi connectivity index (χ0n) is 12.3. The fourth-order valence-corrected chi connectivity index (χ4v) is 4.21. The van der Waals surface area contributed by atoms with Crippen LogP contribution in [0.4, 0.5) is 0 Å². The Hall–Kier alpha value is -0.340. The third kappa shape index (κ3) is 1.94. The minimum atomic E-state index is -0.342. The van der Waals surface area contributed by atoms with E-state index in [1.54, 1.807) is 0 Å². The van der Waals surface area contributed by atoms with Crippen molar-refractivity contribution in [2.24, 2.45) is 17.3 Å². The molecule has 1 aliphatic heterocycles. The molecule has 0 aromatic carbocycles. The fraction of sp³-hybridized carbons (Fsp3) is 0.875. The van der Waals surface area contributed by atoms with Crippen LogP contribution in [0.1, 0.15) is 53.9 Å². The molecule has 2 fully saturated rings. The van der Waals surface area contributed by atoms with Crippen LogP contribution in [0.2, 0.25) is 0 Å². The summed E-state index contributed by atoms with van der Waals surface area (Å²) in [7, 11) is 0. The van der Waals surface area contributed by atoms with Gasteiger partial charge in [0.2, 0.25) is 0 Å². The first-order valence-corrected chi connectivity index (χ1v) is 7.35. The Balaban J connectivity index is 1.87. The quantitative estimate of drug-likeness (QED) is 0.607. The topological polar surface area (TPSA) is 18.5 Å². The zero-order valence-corrected chi connectivity index (χ0v) is 12.3. The molecule has 2 nitrogen and oxygen atoms in total. The lowest BCUT2D eigenvalue weighted by Crippen LogP contribution is -2.47. The summed E-state index contributed by atoms with van der Waals surface area (Å²) in [5, 5.41) is 0. The minimum Gasteiger partial charge on any atom is -0.347 e. The van der Waals surface area contributed by atoms with E-state index in [0.717, 1.165) is 31.1 Å². The molecule has 1 saturated carbocycles. The fourth-order valence-electron chi connectivity index (χ4n) is 4.21. The lowest BCUT2D eigenvalue weighted by Gasteiger charge is -2.43. The molecule has 1 heterocycles. The van der Waals surface area contributed by atoms with Gasteiger partial charge in [-0.15, -0.1) is 0 Å². The highest BCUT2D eigenvalue weighted by molar-refractivity contribution is 5.22. The van der Waals surface area contributed by atoms with Crippen molar-refractivity contribution in [1.29, 1.82) is 0 Å². The van der Waals surface area contributed by atoms with Crippen LogP contribution in [0.15, 0.2) is 11.6 Å². The molecule has 0 aromatic rings. The molecule has 1 spiro atoms. The summed E-state index contributed by atoms with van der Waals surface area (Å²) in [6.45, 7) is 11.3. The molecule has 18 heavy (non-hydrogen) atoms. The summed E-state index contributed by atoms with van der Waals surface area (Å²) >= 11 is 0. The van der Waals surface area contributed by atoms with Crippen molar-refractivity contribution >= 4 is 0 Å². The van der Waals surface area contributed by atoms with Gasteiger partial charge in [-0.05, 0) is 44.4 Å². The van der Waals surface area contributed by atoms with Crippen LogP contribution >= 0.6 is 0 Å². The van der Waals surface area contributed by atoms with Gasteiger partial charge >= 0.3 is 0 Å². The van der Waals surface area contributed by atoms with Crippen LogP contribution in [-0.2, 0) is 9.47 Å². The van der Waals surface area contributed by atoms with Crippen molar-refractivity contribution in [3.05, 3.63) is 11.6 Å². The van der Waals surface area contributed by atoms with Gasteiger partial charge in [0.1, 0.15) is 0 Å². The molecular formula is C16H26O2. The van der Waals surface area contributed by atoms with Gasteiger partial charge < -0.3 is 9.47 Å². The lowest BCUT2D eigenvalue weighted by molar-refractivity contribution is -0.315. The molecule has 3 rings (SSSR count). The maximum absolute atomic E-state index is 6.26. The number of ether oxygens (including phenoxy) is 2. The SMILES string of the molecule is CC1=C[C@H]2[C@@H](CC3(C1)O[C@H](C)C[C@@H](C)O3)C2(C)C. The molecule has 0 amide bonds. The first-order valence-electron chi connectivity index (χ1n) is 7.35. The van der Waals surface area contributed by atoms with E-state index in [0.29, 0.717) is 17.6 Å². The molecule has 1 saturated heterocycles. The first kappa shape index (κ1) is 12.7. The predicted octanol–water partition coefficient (Wildman–Crippen LogP) is 3.91. The Labute approximate surface area is 111 Å². The second-order valence-electron chi connectivity index (χ2n) is 7.35. The van der Waals surface area contributed by atoms with Crippen molar-refractivity contribution in [2.75, 3.05) is 0 Å². The van der Waals surface area contributed by atoms with E-state index >= 15 is 0 Å². The van der Waals surface area contributed by atoms with E-state index in [2.05, 4.69) is 40.7 Å². The molecular weight excluding hydrogens is 224 g/mol. The minimum absolute atomic E-state index is 0.319. The summed E-state index contributed by atoms with van der Waals surface area (Å²) in [5.41, 5.74) is 1.88. The van der Waals surface area contributed by atoms with Gasteiger partial charge in [-0.1, -0.05) is 25.5 Å². The number of fused-ring (bicyclic) bond motifs is 1. The number of allylic oxidation sites excluding steroid dienone is 1. The zero-order chi connectivity index (χ0) is 13.1. The Morgan fingerprint density at radius 2 is 1.78 bits per heavy atom. The monoisotopic (exact) mass is 250 g/mol. The van der Waals surface area contributed by atoms with Gasteiger partial charge in [-0.3, -0.25) is 0 Å². The molecule has 2 heteroatoms. The van der Waals surface area contributed by atoms with Crippen LogP contribution in [0.3, 0.4) is 0 Å². The summed E-state index contributed by atoms with van der Waals surface area (Å²) in [6, 6.07) is 0. The molecule has 102 valence electrons. The van der Waals surface area contributed by atoms with E-state index in [-0.39, 0.29) is 5.79 Å². The van der Waals surface area contributed by atoms with Crippen molar-refractivity contribution in [1.82, 2.24) is 0 Å². The Morgan fingerprint density at radius 3 is 2.39 bits per heavy atom. The normalized spacial score (nSPS) is 50.4. The molecule has 0 unspecified atom stereocenters. The van der Waals surface area contributed by atoms with Crippen molar-refractivity contribution in [2.45, 2.75) is 71.9 Å². The van der Waals surface area contributed by atoms with Crippen LogP contribution < -0.4 is 0 Å². The highest BCUT2D eigenvalue weighted by Gasteiger charge is 2.61. The number of hydrogen-bond donors (Lipinski definition) is 0. The van der Waals surface area contributed by atoms with Crippen LogP contribution in [0.5, 0.6) is 0 Å². The predicted molar refractivity (Wildman–Crippen MR) is 72.2 cm³/mol. The summed E-state index contributed by atoms with van der Waals surface area (Å²) in [6.07, 6.45) is 6.13. The third-order valence-electron chi connectivity index (χ3n) is 5.18. The summed E-state index contributed by atoms with van der Waals surface area (Å²) in [4.78, 5) is 0. The Bertz CT molecular complexity index is 373. The third-order valence-corrected chi connectivity index (χ3v) is 5.18. The standard InChI is InChI=1S/C16H26O2/c1-10-6-13-14(15(13,4)5)9-16(8-10)17-11(2)7-12(3)18-16/h6,11-14H,7-9H2,1-5H3/t11-,12-,13+,14-/m1/s1. The number of hydrogen-bond acceptors (Lipinski definition) is 2. The molecule has 3 aliphatic rings. The van der Waals surface area contributed by atoms with Gasteiger partial charge in [0, 0.05) is 12.8 Å². The smallest absolute Gasteiger partial charge is 0.172 e.